The third kappa shape index (κ3) is 3.39. The monoisotopic (exact) mass is 299 g/mol. The molecule has 4 nitrogen and oxygen atoms in total. The number of nitrogens with zero attached hydrogens (tertiary/aromatic N) is 1. The van der Waals surface area contributed by atoms with Gasteiger partial charge in [0.2, 0.25) is 6.41 Å². The lowest BCUT2D eigenvalue weighted by molar-refractivity contribution is -0.119. The van der Waals surface area contributed by atoms with Gasteiger partial charge in [0, 0.05) is 6.54 Å². The molecule has 2 aromatic rings. The van der Waals surface area contributed by atoms with E-state index in [4.69, 9.17) is 9.47 Å². The number of benzene rings is 2. The van der Waals surface area contributed by atoms with Crippen LogP contribution in [0.15, 0.2) is 48.5 Å². The first-order chi connectivity index (χ1) is 10.7. The minimum absolute atomic E-state index is 0.126. The van der Waals surface area contributed by atoms with Crippen LogP contribution in [0.2, 0.25) is 0 Å². The van der Waals surface area contributed by atoms with Crippen molar-refractivity contribution in [1.29, 1.82) is 0 Å². The molecular weight excluding hydrogens is 278 g/mol. The second-order valence-electron chi connectivity index (χ2n) is 4.88. The summed E-state index contributed by atoms with van der Waals surface area (Å²) in [5, 5.41) is 0. The van der Waals surface area contributed by atoms with E-state index in [1.54, 1.807) is 19.1 Å². The van der Waals surface area contributed by atoms with E-state index in [9.17, 15) is 4.79 Å². The standard InChI is InChI=1S/C18H21NO3/c1-4-19(13-20)18(14-5-9-16(21-2)10-6-14)15-7-11-17(22-3)12-8-15/h5-13,18H,4H2,1-3H3. The van der Waals surface area contributed by atoms with Crippen molar-refractivity contribution in [1.82, 2.24) is 4.90 Å². The number of hydrogen-bond donors (Lipinski definition) is 0. The largest absolute Gasteiger partial charge is 0.497 e. The average molecular weight is 299 g/mol. The molecule has 0 atom stereocenters. The van der Waals surface area contributed by atoms with Crippen LogP contribution in [-0.2, 0) is 4.79 Å². The van der Waals surface area contributed by atoms with Gasteiger partial charge in [-0.05, 0) is 42.3 Å². The highest BCUT2D eigenvalue weighted by Crippen LogP contribution is 2.30. The third-order valence-corrected chi connectivity index (χ3v) is 3.70. The molecule has 0 bridgehead atoms. The Morgan fingerprint density at radius 2 is 1.32 bits per heavy atom. The summed E-state index contributed by atoms with van der Waals surface area (Å²) in [7, 11) is 3.28. The number of ether oxygens (including phenoxy) is 2. The van der Waals surface area contributed by atoms with Gasteiger partial charge in [-0.25, -0.2) is 0 Å². The maximum absolute atomic E-state index is 11.4. The van der Waals surface area contributed by atoms with Crippen LogP contribution in [0.25, 0.3) is 0 Å². The Morgan fingerprint density at radius 1 is 0.909 bits per heavy atom. The highest BCUT2D eigenvalue weighted by Gasteiger charge is 2.20. The Balaban J connectivity index is 2.42. The lowest BCUT2D eigenvalue weighted by atomic mass is 9.97. The van der Waals surface area contributed by atoms with Gasteiger partial charge in [-0.15, -0.1) is 0 Å². The highest BCUT2D eigenvalue weighted by molar-refractivity contribution is 5.52. The van der Waals surface area contributed by atoms with Gasteiger partial charge < -0.3 is 14.4 Å². The molecule has 0 fully saturated rings. The molecule has 0 saturated heterocycles. The van der Waals surface area contributed by atoms with Crippen molar-refractivity contribution in [2.75, 3.05) is 20.8 Å². The number of rotatable bonds is 7. The smallest absolute Gasteiger partial charge is 0.210 e. The maximum Gasteiger partial charge on any atom is 0.210 e. The SMILES string of the molecule is CCN(C=O)C(c1ccc(OC)cc1)c1ccc(OC)cc1. The highest BCUT2D eigenvalue weighted by atomic mass is 16.5. The Bertz CT molecular complexity index is 545. The molecule has 22 heavy (non-hydrogen) atoms. The summed E-state index contributed by atoms with van der Waals surface area (Å²) in [4.78, 5) is 13.2. The van der Waals surface area contributed by atoms with E-state index in [0.717, 1.165) is 29.0 Å². The summed E-state index contributed by atoms with van der Waals surface area (Å²) in [5.41, 5.74) is 2.08. The van der Waals surface area contributed by atoms with Crippen LogP contribution in [0.5, 0.6) is 11.5 Å². The zero-order valence-electron chi connectivity index (χ0n) is 13.2. The van der Waals surface area contributed by atoms with Crippen molar-refractivity contribution >= 4 is 6.41 Å². The van der Waals surface area contributed by atoms with Gasteiger partial charge in [-0.1, -0.05) is 24.3 Å². The topological polar surface area (TPSA) is 38.8 Å². The molecule has 0 radical (unpaired) electrons. The molecule has 2 aromatic carbocycles. The first-order valence-electron chi connectivity index (χ1n) is 7.22. The van der Waals surface area contributed by atoms with E-state index in [-0.39, 0.29) is 6.04 Å². The lowest BCUT2D eigenvalue weighted by Crippen LogP contribution is -2.28. The molecule has 0 unspecified atom stereocenters. The first-order valence-corrected chi connectivity index (χ1v) is 7.22. The molecular formula is C18H21NO3. The fraction of sp³-hybridized carbons (Fsp3) is 0.278. The van der Waals surface area contributed by atoms with E-state index in [2.05, 4.69) is 0 Å². The molecule has 0 spiro atoms. The van der Waals surface area contributed by atoms with E-state index in [1.165, 1.54) is 0 Å². The molecule has 0 N–H and O–H groups in total. The third-order valence-electron chi connectivity index (χ3n) is 3.70. The predicted octanol–water partition coefficient (Wildman–Crippen LogP) is 3.27. The number of amides is 1. The van der Waals surface area contributed by atoms with E-state index >= 15 is 0 Å². The second-order valence-corrected chi connectivity index (χ2v) is 4.88. The van der Waals surface area contributed by atoms with Crippen LogP contribution in [0.3, 0.4) is 0 Å². The molecule has 0 aromatic heterocycles. The van der Waals surface area contributed by atoms with Crippen molar-refractivity contribution in [3.05, 3.63) is 59.7 Å². The van der Waals surface area contributed by atoms with Crippen molar-refractivity contribution in [2.45, 2.75) is 13.0 Å². The lowest BCUT2D eigenvalue weighted by Gasteiger charge is -2.28. The molecule has 0 saturated carbocycles. The molecule has 2 rings (SSSR count). The summed E-state index contributed by atoms with van der Waals surface area (Å²) in [6, 6.07) is 15.4. The molecule has 0 aliphatic rings. The van der Waals surface area contributed by atoms with Gasteiger partial charge in [0.1, 0.15) is 11.5 Å². The van der Waals surface area contributed by atoms with E-state index in [1.807, 2.05) is 55.5 Å². The van der Waals surface area contributed by atoms with Crippen LogP contribution >= 0.6 is 0 Å². The van der Waals surface area contributed by atoms with Gasteiger partial charge in [0.05, 0.1) is 20.3 Å². The summed E-state index contributed by atoms with van der Waals surface area (Å²) < 4.78 is 10.4. The minimum Gasteiger partial charge on any atom is -0.497 e. The Morgan fingerprint density at radius 3 is 1.59 bits per heavy atom. The predicted molar refractivity (Wildman–Crippen MR) is 86.3 cm³/mol. The first kappa shape index (κ1) is 15.9. The molecule has 4 heteroatoms. The molecule has 1 amide bonds. The van der Waals surface area contributed by atoms with Crippen LogP contribution in [-0.4, -0.2) is 32.1 Å². The van der Waals surface area contributed by atoms with Crippen molar-refractivity contribution in [2.24, 2.45) is 0 Å². The summed E-state index contributed by atoms with van der Waals surface area (Å²) in [6.07, 6.45) is 0.888. The van der Waals surface area contributed by atoms with Crippen molar-refractivity contribution in [3.8, 4) is 11.5 Å². The van der Waals surface area contributed by atoms with Crippen LogP contribution in [0.1, 0.15) is 24.1 Å². The average Bonchev–Trinajstić information content (AvgIpc) is 2.60. The van der Waals surface area contributed by atoms with Crippen molar-refractivity contribution in [3.63, 3.8) is 0 Å². The Hall–Kier alpha value is -2.49. The fourth-order valence-electron chi connectivity index (χ4n) is 2.47. The van der Waals surface area contributed by atoms with Gasteiger partial charge in [-0.2, -0.15) is 0 Å². The van der Waals surface area contributed by atoms with Crippen LogP contribution < -0.4 is 9.47 Å². The maximum atomic E-state index is 11.4. The molecule has 0 heterocycles. The van der Waals surface area contributed by atoms with E-state index in [0.29, 0.717) is 6.54 Å². The second kappa shape index (κ2) is 7.50. The Kier molecular flexibility index (Phi) is 5.42. The van der Waals surface area contributed by atoms with Gasteiger partial charge >= 0.3 is 0 Å². The van der Waals surface area contributed by atoms with Crippen molar-refractivity contribution < 1.29 is 14.3 Å². The van der Waals surface area contributed by atoms with Gasteiger partial charge in [0.25, 0.3) is 0 Å². The van der Waals surface area contributed by atoms with Gasteiger partial charge in [-0.3, -0.25) is 4.79 Å². The summed E-state index contributed by atoms with van der Waals surface area (Å²) >= 11 is 0. The van der Waals surface area contributed by atoms with Crippen LogP contribution in [0.4, 0.5) is 0 Å². The molecule has 0 aliphatic heterocycles. The zero-order valence-corrected chi connectivity index (χ0v) is 13.2. The summed E-state index contributed by atoms with van der Waals surface area (Å²) in [6.45, 7) is 2.60. The van der Waals surface area contributed by atoms with Gasteiger partial charge in [0.15, 0.2) is 0 Å². The number of carbonyl (C=O) groups is 1. The van der Waals surface area contributed by atoms with Crippen LogP contribution in [0, 0.1) is 0 Å². The quantitative estimate of drug-likeness (QED) is 0.737. The molecule has 0 aliphatic carbocycles. The number of hydrogen-bond acceptors (Lipinski definition) is 3. The molecule has 116 valence electrons. The normalized spacial score (nSPS) is 10.4. The zero-order chi connectivity index (χ0) is 15.9. The minimum atomic E-state index is -0.126. The Labute approximate surface area is 131 Å². The summed E-state index contributed by atoms with van der Waals surface area (Å²) in [5.74, 6) is 1.60. The number of carbonyl (C=O) groups excluding carboxylic acids is 1. The fourth-order valence-corrected chi connectivity index (χ4v) is 2.47. The van der Waals surface area contributed by atoms with E-state index < -0.39 is 0 Å². The number of methoxy groups -OCH3 is 2.